The number of Topliss-reactive ketones (excluding diaryl/α,β-unsaturated/α-hetero) is 1. The van der Waals surface area contributed by atoms with Crippen molar-refractivity contribution in [1.82, 2.24) is 0 Å². The highest BCUT2D eigenvalue weighted by molar-refractivity contribution is 7.98. The zero-order valence-electron chi connectivity index (χ0n) is 17.6. The second-order valence-corrected chi connectivity index (χ2v) is 8.64. The van der Waals surface area contributed by atoms with Gasteiger partial charge >= 0.3 is 6.03 Å². The average Bonchev–Trinajstić information content (AvgIpc) is 3.28. The third kappa shape index (κ3) is 3.69. The lowest BCUT2D eigenvalue weighted by molar-refractivity contribution is -0.116. The van der Waals surface area contributed by atoms with Gasteiger partial charge in [0.15, 0.2) is 5.78 Å². The van der Waals surface area contributed by atoms with E-state index in [9.17, 15) is 9.59 Å². The number of ketones is 1. The third-order valence-electron chi connectivity index (χ3n) is 5.79. The molecule has 1 atom stereocenters. The number of thioether (sulfide) groups is 1. The molecule has 3 aromatic rings. The summed E-state index contributed by atoms with van der Waals surface area (Å²) in [6.07, 6.45) is 5.56. The van der Waals surface area contributed by atoms with Crippen LogP contribution in [-0.4, -0.2) is 18.1 Å². The molecule has 32 heavy (non-hydrogen) atoms. The van der Waals surface area contributed by atoms with Gasteiger partial charge in [-0.15, -0.1) is 11.8 Å². The summed E-state index contributed by atoms with van der Waals surface area (Å²) in [5.74, 6) is 0.592. The van der Waals surface area contributed by atoms with Gasteiger partial charge in [-0.25, -0.2) is 4.79 Å². The van der Waals surface area contributed by atoms with E-state index in [-0.39, 0.29) is 11.8 Å². The Morgan fingerprint density at radius 2 is 2.00 bits per heavy atom. The van der Waals surface area contributed by atoms with E-state index >= 15 is 0 Å². The van der Waals surface area contributed by atoms with Crippen LogP contribution in [0.1, 0.15) is 31.1 Å². The van der Waals surface area contributed by atoms with Crippen LogP contribution in [-0.2, 0) is 4.79 Å². The smallest absolute Gasteiger partial charge is 0.327 e. The number of allylic oxidation sites excluding steroid dienone is 1. The maximum atomic E-state index is 13.8. The zero-order valence-corrected chi connectivity index (χ0v) is 18.4. The number of carbonyl (C=O) groups is 2. The molecular formula is C25H23N3O3S. The lowest BCUT2D eigenvalue weighted by atomic mass is 9.88. The minimum absolute atomic E-state index is 0.0372. The SMILES string of the molecule is CSc1cccc(NC(=O)N2c3ccccc3NC3=C(C(=O)CCC3)C2c2ccco2)c1. The lowest BCUT2D eigenvalue weighted by Gasteiger charge is -2.32. The second kappa shape index (κ2) is 8.59. The van der Waals surface area contributed by atoms with Crippen molar-refractivity contribution in [2.24, 2.45) is 0 Å². The first kappa shape index (κ1) is 20.5. The Labute approximate surface area is 190 Å². The number of furan rings is 1. The van der Waals surface area contributed by atoms with E-state index < -0.39 is 6.04 Å². The molecule has 1 aliphatic carbocycles. The van der Waals surface area contributed by atoms with Crippen molar-refractivity contribution in [2.75, 3.05) is 21.8 Å². The first-order chi connectivity index (χ1) is 15.7. The second-order valence-electron chi connectivity index (χ2n) is 7.76. The molecule has 2 amide bonds. The predicted octanol–water partition coefficient (Wildman–Crippen LogP) is 6.21. The van der Waals surface area contributed by atoms with Gasteiger partial charge in [-0.2, -0.15) is 0 Å². The number of carbonyl (C=O) groups excluding carboxylic acids is 2. The normalized spacial score (nSPS) is 17.8. The number of para-hydroxylation sites is 2. The number of nitrogens with one attached hydrogen (secondary N) is 2. The molecule has 1 aliphatic heterocycles. The van der Waals surface area contributed by atoms with Crippen LogP contribution in [0.3, 0.4) is 0 Å². The molecule has 2 heterocycles. The van der Waals surface area contributed by atoms with E-state index in [4.69, 9.17) is 4.42 Å². The van der Waals surface area contributed by atoms with Crippen LogP contribution in [0.15, 0.2) is 87.5 Å². The number of hydrogen-bond donors (Lipinski definition) is 2. The molecule has 0 fully saturated rings. The molecule has 0 radical (unpaired) electrons. The summed E-state index contributed by atoms with van der Waals surface area (Å²) in [4.78, 5) is 29.6. The van der Waals surface area contributed by atoms with Crippen molar-refractivity contribution in [1.29, 1.82) is 0 Å². The third-order valence-corrected chi connectivity index (χ3v) is 6.51. The summed E-state index contributed by atoms with van der Waals surface area (Å²) >= 11 is 1.61. The highest BCUT2D eigenvalue weighted by Crippen LogP contribution is 2.45. The molecule has 7 heteroatoms. The van der Waals surface area contributed by atoms with Crippen LogP contribution in [0.2, 0.25) is 0 Å². The maximum Gasteiger partial charge on any atom is 0.327 e. The Balaban J connectivity index is 1.65. The Bertz CT molecular complexity index is 1200. The largest absolute Gasteiger partial charge is 0.467 e. The first-order valence-electron chi connectivity index (χ1n) is 10.6. The van der Waals surface area contributed by atoms with Gasteiger partial charge in [0.1, 0.15) is 11.8 Å². The molecule has 1 unspecified atom stereocenters. The number of urea groups is 1. The van der Waals surface area contributed by atoms with E-state index in [1.807, 2.05) is 60.9 Å². The Morgan fingerprint density at radius 3 is 2.81 bits per heavy atom. The fourth-order valence-corrected chi connectivity index (χ4v) is 4.82. The zero-order chi connectivity index (χ0) is 22.1. The van der Waals surface area contributed by atoms with Gasteiger partial charge in [-0.3, -0.25) is 9.69 Å². The predicted molar refractivity (Wildman–Crippen MR) is 127 cm³/mol. The summed E-state index contributed by atoms with van der Waals surface area (Å²) < 4.78 is 5.77. The Kier molecular flexibility index (Phi) is 5.49. The monoisotopic (exact) mass is 445 g/mol. The number of hydrogen-bond acceptors (Lipinski definition) is 5. The fraction of sp³-hybridized carbons (Fsp3) is 0.200. The molecule has 0 saturated heterocycles. The summed E-state index contributed by atoms with van der Waals surface area (Å²) in [5, 5.41) is 6.47. The number of benzene rings is 2. The Morgan fingerprint density at radius 1 is 1.12 bits per heavy atom. The van der Waals surface area contributed by atoms with Crippen molar-refractivity contribution >= 4 is 40.6 Å². The van der Waals surface area contributed by atoms with E-state index in [0.717, 1.165) is 29.1 Å². The molecule has 1 aromatic heterocycles. The van der Waals surface area contributed by atoms with Gasteiger partial charge in [-0.05, 0) is 61.6 Å². The number of amides is 2. The average molecular weight is 446 g/mol. The number of fused-ring (bicyclic) bond motifs is 1. The van der Waals surface area contributed by atoms with Gasteiger partial charge in [0, 0.05) is 28.3 Å². The molecule has 2 aromatic carbocycles. The first-order valence-corrected chi connectivity index (χ1v) is 11.8. The van der Waals surface area contributed by atoms with Crippen LogP contribution < -0.4 is 15.5 Å². The van der Waals surface area contributed by atoms with Crippen molar-refractivity contribution in [2.45, 2.75) is 30.2 Å². The summed E-state index contributed by atoms with van der Waals surface area (Å²) in [5.41, 5.74) is 3.62. The quantitative estimate of drug-likeness (QED) is 0.469. The van der Waals surface area contributed by atoms with Gasteiger partial charge in [-0.1, -0.05) is 18.2 Å². The van der Waals surface area contributed by atoms with Crippen LogP contribution in [0.4, 0.5) is 21.9 Å². The standard InChI is InChI=1S/C25H23N3O3S/c1-32-17-8-4-7-16(15-17)26-25(30)28-20-11-3-2-9-18(20)27-19-10-5-12-21(29)23(19)24(28)22-13-6-14-31-22/h2-4,6-9,11,13-15,24,27H,5,10,12H2,1H3,(H,26,30). The molecule has 0 spiro atoms. The van der Waals surface area contributed by atoms with Crippen LogP contribution >= 0.6 is 11.8 Å². The molecule has 6 nitrogen and oxygen atoms in total. The van der Waals surface area contributed by atoms with Crippen molar-refractivity contribution < 1.29 is 14.0 Å². The van der Waals surface area contributed by atoms with Crippen LogP contribution in [0.5, 0.6) is 0 Å². The summed E-state index contributed by atoms with van der Waals surface area (Å²) in [6, 6.07) is 17.9. The van der Waals surface area contributed by atoms with Gasteiger partial charge in [0.2, 0.25) is 0 Å². The van der Waals surface area contributed by atoms with Crippen LogP contribution in [0.25, 0.3) is 0 Å². The highest BCUT2D eigenvalue weighted by Gasteiger charge is 2.41. The van der Waals surface area contributed by atoms with E-state index in [0.29, 0.717) is 29.1 Å². The molecule has 2 N–H and O–H groups in total. The molecule has 0 saturated carbocycles. The van der Waals surface area contributed by atoms with Crippen molar-refractivity contribution in [3.05, 3.63) is 84.0 Å². The molecular weight excluding hydrogens is 422 g/mol. The molecule has 0 bridgehead atoms. The van der Waals surface area contributed by atoms with Crippen LogP contribution in [0, 0.1) is 0 Å². The summed E-state index contributed by atoms with van der Waals surface area (Å²) in [7, 11) is 0. The summed E-state index contributed by atoms with van der Waals surface area (Å²) in [6.45, 7) is 0. The number of nitrogens with zero attached hydrogens (tertiary/aromatic N) is 1. The number of anilines is 3. The van der Waals surface area contributed by atoms with E-state index in [1.54, 1.807) is 29.0 Å². The minimum atomic E-state index is -0.660. The molecule has 2 aliphatic rings. The highest BCUT2D eigenvalue weighted by atomic mass is 32.2. The lowest BCUT2D eigenvalue weighted by Crippen LogP contribution is -2.40. The molecule has 5 rings (SSSR count). The van der Waals surface area contributed by atoms with Crippen molar-refractivity contribution in [3.63, 3.8) is 0 Å². The minimum Gasteiger partial charge on any atom is -0.467 e. The number of rotatable bonds is 3. The van der Waals surface area contributed by atoms with Gasteiger partial charge in [0.05, 0.1) is 17.6 Å². The van der Waals surface area contributed by atoms with Gasteiger partial charge in [0.25, 0.3) is 0 Å². The van der Waals surface area contributed by atoms with E-state index in [1.165, 1.54) is 0 Å². The van der Waals surface area contributed by atoms with E-state index in [2.05, 4.69) is 10.6 Å². The topological polar surface area (TPSA) is 74.6 Å². The Hall–Kier alpha value is -3.45. The van der Waals surface area contributed by atoms with Gasteiger partial charge < -0.3 is 15.1 Å². The molecule has 162 valence electrons. The fourth-order valence-electron chi connectivity index (χ4n) is 4.36. The van der Waals surface area contributed by atoms with Crippen molar-refractivity contribution in [3.8, 4) is 0 Å². The maximum absolute atomic E-state index is 13.8.